The van der Waals surface area contributed by atoms with E-state index >= 15 is 0 Å². The van der Waals surface area contributed by atoms with Crippen LogP contribution in [0.15, 0.2) is 53.0 Å². The van der Waals surface area contributed by atoms with Crippen molar-refractivity contribution in [3.05, 3.63) is 53.0 Å². The van der Waals surface area contributed by atoms with Crippen molar-refractivity contribution in [2.75, 3.05) is 7.11 Å². The Labute approximate surface area is 144 Å². The molecule has 7 heteroatoms. The van der Waals surface area contributed by atoms with E-state index in [2.05, 4.69) is 31.2 Å². The van der Waals surface area contributed by atoms with Crippen LogP contribution in [0.5, 0.6) is 5.75 Å². The molecule has 5 nitrogen and oxygen atoms in total. The van der Waals surface area contributed by atoms with Gasteiger partial charge in [-0.25, -0.2) is 0 Å². The Kier molecular flexibility index (Phi) is 3.59. The van der Waals surface area contributed by atoms with E-state index in [1.165, 1.54) is 11.3 Å². The molecule has 0 radical (unpaired) electrons. The summed E-state index contributed by atoms with van der Waals surface area (Å²) in [6, 6.07) is 15.8. The average molecular weight is 387 g/mol. The van der Waals surface area contributed by atoms with E-state index in [0.29, 0.717) is 5.82 Å². The van der Waals surface area contributed by atoms with Gasteiger partial charge in [0.2, 0.25) is 4.96 Å². The van der Waals surface area contributed by atoms with Crippen LogP contribution in [0, 0.1) is 0 Å². The van der Waals surface area contributed by atoms with Crippen molar-refractivity contribution >= 4 is 32.2 Å². The van der Waals surface area contributed by atoms with Crippen LogP contribution in [0.25, 0.3) is 26.9 Å². The van der Waals surface area contributed by atoms with Crippen LogP contribution in [-0.4, -0.2) is 26.9 Å². The highest BCUT2D eigenvalue weighted by Gasteiger charge is 2.16. The van der Waals surface area contributed by atoms with Crippen molar-refractivity contribution in [1.29, 1.82) is 0 Å². The minimum absolute atomic E-state index is 0.702. The van der Waals surface area contributed by atoms with Gasteiger partial charge >= 0.3 is 0 Å². The number of aromatic nitrogens is 4. The molecule has 2 aromatic carbocycles. The van der Waals surface area contributed by atoms with Crippen LogP contribution in [-0.2, 0) is 0 Å². The second kappa shape index (κ2) is 5.75. The van der Waals surface area contributed by atoms with Crippen LogP contribution in [0.3, 0.4) is 0 Å². The number of halogens is 1. The van der Waals surface area contributed by atoms with Crippen LogP contribution < -0.4 is 4.74 Å². The van der Waals surface area contributed by atoms with E-state index in [4.69, 9.17) is 4.74 Å². The lowest BCUT2D eigenvalue weighted by Gasteiger charge is -2.04. The monoisotopic (exact) mass is 386 g/mol. The fourth-order valence-electron chi connectivity index (χ4n) is 2.29. The lowest BCUT2D eigenvalue weighted by Crippen LogP contribution is -1.92. The molecule has 2 heterocycles. The average Bonchev–Trinajstić information content (AvgIpc) is 3.16. The van der Waals surface area contributed by atoms with Crippen molar-refractivity contribution in [2.24, 2.45) is 0 Å². The first-order valence-corrected chi connectivity index (χ1v) is 8.49. The minimum Gasteiger partial charge on any atom is -0.497 e. The molecule has 0 saturated heterocycles. The first-order valence-electron chi connectivity index (χ1n) is 6.88. The van der Waals surface area contributed by atoms with Crippen LogP contribution in [0.4, 0.5) is 0 Å². The van der Waals surface area contributed by atoms with Gasteiger partial charge in [0.05, 0.1) is 7.11 Å². The molecule has 0 aliphatic heterocycles. The van der Waals surface area contributed by atoms with Gasteiger partial charge < -0.3 is 4.74 Å². The third kappa shape index (κ3) is 2.51. The Hall–Kier alpha value is -2.25. The molecule has 0 saturated carbocycles. The molecule has 0 N–H and O–H groups in total. The summed E-state index contributed by atoms with van der Waals surface area (Å²) >= 11 is 5.08. The number of methoxy groups -OCH3 is 1. The van der Waals surface area contributed by atoms with Crippen molar-refractivity contribution in [3.63, 3.8) is 0 Å². The number of hydrogen-bond donors (Lipinski definition) is 0. The van der Waals surface area contributed by atoms with Gasteiger partial charge in [-0.2, -0.15) is 9.61 Å². The topological polar surface area (TPSA) is 52.3 Å². The highest BCUT2D eigenvalue weighted by molar-refractivity contribution is 9.10. The third-order valence-corrected chi connectivity index (χ3v) is 5.03. The SMILES string of the molecule is COc1ccc(-c2nnc3sc(-c4ccccc4)nn23)c(Br)c1. The molecule has 4 aromatic rings. The molecule has 114 valence electrons. The second-order valence-electron chi connectivity index (χ2n) is 4.84. The molecular weight excluding hydrogens is 376 g/mol. The third-order valence-electron chi connectivity index (χ3n) is 3.43. The van der Waals surface area contributed by atoms with Crippen LogP contribution in [0.2, 0.25) is 0 Å². The van der Waals surface area contributed by atoms with Crippen molar-refractivity contribution in [3.8, 4) is 27.7 Å². The summed E-state index contributed by atoms with van der Waals surface area (Å²) in [7, 11) is 1.64. The number of rotatable bonds is 3. The van der Waals surface area contributed by atoms with E-state index < -0.39 is 0 Å². The smallest absolute Gasteiger partial charge is 0.235 e. The first-order chi connectivity index (χ1) is 11.3. The summed E-state index contributed by atoms with van der Waals surface area (Å²) in [6.45, 7) is 0. The van der Waals surface area contributed by atoms with Gasteiger partial charge in [0.25, 0.3) is 0 Å². The van der Waals surface area contributed by atoms with Gasteiger partial charge in [-0.1, -0.05) is 41.7 Å². The van der Waals surface area contributed by atoms with E-state index in [0.717, 1.165) is 31.3 Å². The Bertz CT molecular complexity index is 980. The maximum atomic E-state index is 5.23. The minimum atomic E-state index is 0.702. The maximum Gasteiger partial charge on any atom is 0.235 e. The maximum absolute atomic E-state index is 5.23. The van der Waals surface area contributed by atoms with Crippen molar-refractivity contribution in [1.82, 2.24) is 19.8 Å². The Morgan fingerprint density at radius 2 is 1.91 bits per heavy atom. The molecule has 2 aromatic heterocycles. The summed E-state index contributed by atoms with van der Waals surface area (Å²) < 4.78 is 7.90. The fraction of sp³-hybridized carbons (Fsp3) is 0.0625. The summed E-state index contributed by atoms with van der Waals surface area (Å²) in [5.41, 5.74) is 1.99. The number of fused-ring (bicyclic) bond motifs is 1. The van der Waals surface area contributed by atoms with Gasteiger partial charge in [0.1, 0.15) is 10.8 Å². The Morgan fingerprint density at radius 1 is 1.09 bits per heavy atom. The lowest BCUT2D eigenvalue weighted by molar-refractivity contribution is 0.414. The highest BCUT2D eigenvalue weighted by Crippen LogP contribution is 2.32. The van der Waals surface area contributed by atoms with Crippen molar-refractivity contribution in [2.45, 2.75) is 0 Å². The highest BCUT2D eigenvalue weighted by atomic mass is 79.9. The zero-order valence-corrected chi connectivity index (χ0v) is 14.5. The quantitative estimate of drug-likeness (QED) is 0.526. The number of ether oxygens (including phenoxy) is 1. The molecule has 0 aliphatic carbocycles. The predicted molar refractivity (Wildman–Crippen MR) is 93.8 cm³/mol. The molecule has 23 heavy (non-hydrogen) atoms. The standard InChI is InChI=1S/C16H11BrN4OS/c1-22-11-7-8-12(13(17)9-11)14-18-19-16-21(14)20-15(23-16)10-5-3-2-4-6-10/h2-9H,1H3. The first kappa shape index (κ1) is 14.3. The lowest BCUT2D eigenvalue weighted by atomic mass is 10.2. The van der Waals surface area contributed by atoms with Crippen LogP contribution in [0.1, 0.15) is 0 Å². The zero-order valence-electron chi connectivity index (χ0n) is 12.1. The van der Waals surface area contributed by atoms with Gasteiger partial charge in [-0.15, -0.1) is 10.2 Å². The summed E-state index contributed by atoms with van der Waals surface area (Å²) in [6.07, 6.45) is 0. The molecule has 0 aliphatic rings. The fourth-order valence-corrected chi connectivity index (χ4v) is 3.67. The molecular formula is C16H11BrN4OS. The van der Waals surface area contributed by atoms with Gasteiger partial charge in [-0.3, -0.25) is 0 Å². The summed E-state index contributed by atoms with van der Waals surface area (Å²) in [5.74, 6) is 1.48. The van der Waals surface area contributed by atoms with Crippen molar-refractivity contribution < 1.29 is 4.74 Å². The molecule has 0 spiro atoms. The molecule has 0 bridgehead atoms. The molecule has 0 atom stereocenters. The summed E-state index contributed by atoms with van der Waals surface area (Å²) in [5, 5.41) is 14.1. The largest absolute Gasteiger partial charge is 0.497 e. The van der Waals surface area contributed by atoms with Crippen LogP contribution >= 0.6 is 27.3 Å². The normalized spacial score (nSPS) is 11.0. The van der Waals surface area contributed by atoms with E-state index in [1.54, 1.807) is 11.6 Å². The predicted octanol–water partition coefficient (Wildman–Crippen LogP) is 4.29. The Morgan fingerprint density at radius 3 is 2.65 bits per heavy atom. The van der Waals surface area contributed by atoms with E-state index in [1.807, 2.05) is 48.5 Å². The Balaban J connectivity index is 1.84. The zero-order chi connectivity index (χ0) is 15.8. The molecule has 0 fully saturated rings. The van der Waals surface area contributed by atoms with Gasteiger partial charge in [-0.05, 0) is 34.1 Å². The van der Waals surface area contributed by atoms with E-state index in [-0.39, 0.29) is 0 Å². The van der Waals surface area contributed by atoms with Gasteiger partial charge in [0, 0.05) is 15.6 Å². The number of nitrogens with zero attached hydrogens (tertiary/aromatic N) is 4. The molecule has 4 rings (SSSR count). The second-order valence-corrected chi connectivity index (χ2v) is 6.65. The molecule has 0 amide bonds. The van der Waals surface area contributed by atoms with E-state index in [9.17, 15) is 0 Å². The number of benzene rings is 2. The molecule has 0 unspecified atom stereocenters. The summed E-state index contributed by atoms with van der Waals surface area (Å²) in [4.78, 5) is 0.765. The van der Waals surface area contributed by atoms with Gasteiger partial charge in [0.15, 0.2) is 5.82 Å². The number of hydrogen-bond acceptors (Lipinski definition) is 5.